The van der Waals surface area contributed by atoms with Gasteiger partial charge in [-0.1, -0.05) is 11.3 Å². The van der Waals surface area contributed by atoms with Crippen molar-refractivity contribution in [2.45, 2.75) is 57.3 Å². The van der Waals surface area contributed by atoms with Crippen LogP contribution in [0.4, 0.5) is 18.3 Å². The number of rotatable bonds is 6. The lowest BCUT2D eigenvalue weighted by atomic mass is 9.75. The van der Waals surface area contributed by atoms with Crippen LogP contribution >= 0.6 is 11.3 Å². The third kappa shape index (κ3) is 5.23. The van der Waals surface area contributed by atoms with E-state index < -0.39 is 23.2 Å². The van der Waals surface area contributed by atoms with Crippen molar-refractivity contribution in [3.63, 3.8) is 0 Å². The highest BCUT2D eigenvalue weighted by Gasteiger charge is 2.48. The van der Waals surface area contributed by atoms with Crippen molar-refractivity contribution < 1.29 is 37.0 Å². The summed E-state index contributed by atoms with van der Waals surface area (Å²) in [4.78, 5) is 41.3. The van der Waals surface area contributed by atoms with Crippen molar-refractivity contribution in [2.75, 3.05) is 26.6 Å². The van der Waals surface area contributed by atoms with Crippen molar-refractivity contribution in [2.24, 2.45) is 5.92 Å². The van der Waals surface area contributed by atoms with E-state index in [2.05, 4.69) is 20.3 Å². The number of methoxy groups -OCH3 is 2. The Balaban J connectivity index is 1.52. The second-order valence-electron chi connectivity index (χ2n) is 10.5. The van der Waals surface area contributed by atoms with Gasteiger partial charge in [0, 0.05) is 24.6 Å². The highest BCUT2D eigenvalue weighted by molar-refractivity contribution is 7.16. The van der Waals surface area contributed by atoms with E-state index in [0.29, 0.717) is 41.8 Å². The maximum absolute atomic E-state index is 13.6. The van der Waals surface area contributed by atoms with Gasteiger partial charge < -0.3 is 19.1 Å². The maximum atomic E-state index is 13.6. The molecule has 224 valence electrons. The maximum Gasteiger partial charge on any atom is 0.416 e. The molecular formula is C28H30F3N5O5S. The zero-order valence-electron chi connectivity index (χ0n) is 23.7. The molecule has 3 aromatic rings. The largest absolute Gasteiger partial charge is 0.481 e. The molecule has 1 spiro atoms. The summed E-state index contributed by atoms with van der Waals surface area (Å²) in [6.45, 7) is 3.88. The van der Waals surface area contributed by atoms with Crippen LogP contribution in [0, 0.1) is 5.92 Å². The number of hydrogen-bond acceptors (Lipinski definition) is 9. The van der Waals surface area contributed by atoms with E-state index in [9.17, 15) is 22.8 Å². The number of carbonyl (C=O) groups excluding carboxylic acids is 2. The van der Waals surface area contributed by atoms with E-state index in [4.69, 9.17) is 14.2 Å². The minimum Gasteiger partial charge on any atom is -0.481 e. The normalized spacial score (nSPS) is 19.5. The summed E-state index contributed by atoms with van der Waals surface area (Å²) in [5, 5.41) is 2.94. The average Bonchev–Trinajstić information content (AvgIpc) is 3.40. The van der Waals surface area contributed by atoms with Gasteiger partial charge >= 0.3 is 6.18 Å². The SMILES string of the molecule is COc1ncnc(OC)c1C(=O)Nc1nc2c(s1)C1(CCC(C(=O)N(C)C(C)C)CC1)Oc1cc(C(F)(F)F)ccc1-2. The van der Waals surface area contributed by atoms with Crippen LogP contribution < -0.4 is 19.5 Å². The Bertz CT molecular complexity index is 1500. The molecule has 42 heavy (non-hydrogen) atoms. The molecule has 1 fully saturated rings. The summed E-state index contributed by atoms with van der Waals surface area (Å²) in [5.74, 6) is -0.780. The average molecular weight is 606 g/mol. The molecule has 1 aliphatic heterocycles. The first-order valence-corrected chi connectivity index (χ1v) is 14.1. The second-order valence-corrected chi connectivity index (χ2v) is 11.5. The lowest BCUT2D eigenvalue weighted by Gasteiger charge is -2.43. The Morgan fingerprint density at radius 3 is 2.36 bits per heavy atom. The van der Waals surface area contributed by atoms with Crippen molar-refractivity contribution in [3.8, 4) is 28.8 Å². The van der Waals surface area contributed by atoms with Crippen LogP contribution in [0.25, 0.3) is 11.3 Å². The molecule has 1 aromatic carbocycles. The Hall–Kier alpha value is -3.94. The lowest BCUT2D eigenvalue weighted by molar-refractivity contribution is -0.139. The van der Waals surface area contributed by atoms with Crippen LogP contribution in [0.1, 0.15) is 60.3 Å². The minimum atomic E-state index is -4.56. The molecule has 10 nitrogen and oxygen atoms in total. The molecule has 1 N–H and O–H groups in total. The van der Waals surface area contributed by atoms with E-state index in [0.717, 1.165) is 12.1 Å². The Morgan fingerprint density at radius 2 is 1.79 bits per heavy atom. The van der Waals surface area contributed by atoms with E-state index in [1.54, 1.807) is 11.9 Å². The quantitative estimate of drug-likeness (QED) is 0.390. The Morgan fingerprint density at radius 1 is 1.14 bits per heavy atom. The molecule has 14 heteroatoms. The van der Waals surface area contributed by atoms with Crippen molar-refractivity contribution in [1.82, 2.24) is 19.9 Å². The fraction of sp³-hybridized carbons (Fsp3) is 0.464. The number of carbonyl (C=O) groups is 2. The molecule has 2 aliphatic rings. The van der Waals surface area contributed by atoms with Gasteiger partial charge in [-0.05, 0) is 57.7 Å². The number of nitrogens with zero attached hydrogens (tertiary/aromatic N) is 4. The van der Waals surface area contributed by atoms with Gasteiger partial charge in [0.1, 0.15) is 17.7 Å². The standard InChI is InChI=1S/C28H30F3N5O5S/c1-14(2)36(3)25(38)15-8-10-27(11-9-15)21-20(17-7-6-16(28(29,30)31)12-18(17)41-27)34-26(42-21)35-22(37)19-23(39-4)32-13-33-24(19)40-5/h6-7,12-15H,8-11H2,1-5H3,(H,34,35,37). The highest BCUT2D eigenvalue weighted by Crippen LogP contribution is 2.55. The number of fused-ring (bicyclic) bond motifs is 4. The van der Waals surface area contributed by atoms with Crippen molar-refractivity contribution in [3.05, 3.63) is 40.5 Å². The predicted molar refractivity (Wildman–Crippen MR) is 148 cm³/mol. The molecule has 2 aromatic heterocycles. The first kappa shape index (κ1) is 29.5. The summed E-state index contributed by atoms with van der Waals surface area (Å²) in [7, 11) is 4.48. The van der Waals surface area contributed by atoms with Gasteiger partial charge in [-0.2, -0.15) is 13.2 Å². The number of alkyl halides is 3. The summed E-state index contributed by atoms with van der Waals surface area (Å²) < 4.78 is 57.7. The Kier molecular flexibility index (Phi) is 7.77. The molecule has 0 bridgehead atoms. The van der Waals surface area contributed by atoms with E-state index in [1.807, 2.05) is 13.8 Å². The van der Waals surface area contributed by atoms with Crippen molar-refractivity contribution >= 4 is 28.3 Å². The van der Waals surface area contributed by atoms with Gasteiger partial charge in [-0.15, -0.1) is 0 Å². The van der Waals surface area contributed by atoms with Crippen LogP contribution in [0.15, 0.2) is 24.5 Å². The molecule has 0 radical (unpaired) electrons. The third-order valence-electron chi connectivity index (χ3n) is 7.79. The Labute approximate surface area is 244 Å². The van der Waals surface area contributed by atoms with Gasteiger partial charge in [0.2, 0.25) is 17.7 Å². The molecule has 2 amide bonds. The number of thiazole rings is 1. The number of nitrogens with one attached hydrogen (secondary N) is 1. The first-order chi connectivity index (χ1) is 19.9. The molecule has 3 heterocycles. The summed E-state index contributed by atoms with van der Waals surface area (Å²) in [6, 6.07) is 3.34. The van der Waals surface area contributed by atoms with Gasteiger partial charge in [-0.3, -0.25) is 14.9 Å². The van der Waals surface area contributed by atoms with Gasteiger partial charge in [0.15, 0.2) is 10.7 Å². The van der Waals surface area contributed by atoms with Crippen molar-refractivity contribution in [1.29, 1.82) is 0 Å². The number of ether oxygens (including phenoxy) is 3. The van der Waals surface area contributed by atoms with Gasteiger partial charge in [0.05, 0.1) is 30.4 Å². The second kappa shape index (κ2) is 11.0. The molecule has 1 saturated carbocycles. The number of aromatic nitrogens is 3. The van der Waals surface area contributed by atoms with E-state index >= 15 is 0 Å². The van der Waals surface area contributed by atoms with E-state index in [1.165, 1.54) is 38.0 Å². The lowest BCUT2D eigenvalue weighted by Crippen LogP contribution is -2.44. The number of amides is 2. The van der Waals surface area contributed by atoms with Crippen LogP contribution in [0.2, 0.25) is 0 Å². The molecule has 0 atom stereocenters. The summed E-state index contributed by atoms with van der Waals surface area (Å²) in [5.41, 5.74) is -1.07. The summed E-state index contributed by atoms with van der Waals surface area (Å²) >= 11 is 1.18. The first-order valence-electron chi connectivity index (χ1n) is 13.3. The molecule has 0 unspecified atom stereocenters. The fourth-order valence-electron chi connectivity index (χ4n) is 5.32. The van der Waals surface area contributed by atoms with Crippen LogP contribution in [0.5, 0.6) is 17.5 Å². The topological polar surface area (TPSA) is 116 Å². The van der Waals surface area contributed by atoms with Crippen LogP contribution in [0.3, 0.4) is 0 Å². The molecular weight excluding hydrogens is 575 g/mol. The molecule has 5 rings (SSSR count). The monoisotopic (exact) mass is 605 g/mol. The number of halogens is 3. The zero-order chi connectivity index (χ0) is 30.4. The van der Waals surface area contributed by atoms with Crippen LogP contribution in [-0.4, -0.2) is 59.0 Å². The number of anilines is 1. The summed E-state index contributed by atoms with van der Waals surface area (Å²) in [6.07, 6.45) is -1.61. The van der Waals surface area contributed by atoms with E-state index in [-0.39, 0.29) is 46.1 Å². The smallest absolute Gasteiger partial charge is 0.416 e. The van der Waals surface area contributed by atoms with Gasteiger partial charge in [-0.25, -0.2) is 15.0 Å². The van der Waals surface area contributed by atoms with Crippen LogP contribution in [-0.2, 0) is 16.6 Å². The highest BCUT2D eigenvalue weighted by atomic mass is 32.1. The minimum absolute atomic E-state index is 0.000135. The number of benzene rings is 1. The third-order valence-corrected chi connectivity index (χ3v) is 8.94. The predicted octanol–water partition coefficient (Wildman–Crippen LogP) is 5.53. The van der Waals surface area contributed by atoms with Gasteiger partial charge in [0.25, 0.3) is 5.91 Å². The fourth-order valence-corrected chi connectivity index (χ4v) is 6.48. The zero-order valence-corrected chi connectivity index (χ0v) is 24.5. The molecule has 1 aliphatic carbocycles. The number of hydrogen-bond donors (Lipinski definition) is 1. The molecule has 0 saturated heterocycles.